The molecule has 0 bridgehead atoms. The normalized spacial score (nSPS) is 12.0. The van der Waals surface area contributed by atoms with E-state index in [0.29, 0.717) is 0 Å². The van der Waals surface area contributed by atoms with Crippen LogP contribution in [0.1, 0.15) is 17.2 Å². The lowest BCUT2D eigenvalue weighted by Gasteiger charge is -2.21. The zero-order valence-corrected chi connectivity index (χ0v) is 13.4. The Morgan fingerprint density at radius 2 is 1.75 bits per heavy atom. The molecule has 0 aromatic heterocycles. The van der Waals surface area contributed by atoms with Crippen molar-refractivity contribution < 1.29 is 9.47 Å². The molecule has 1 unspecified atom stereocenters. The highest BCUT2D eigenvalue weighted by Crippen LogP contribution is 2.35. The minimum Gasteiger partial charge on any atom is -0.497 e. The second-order valence-electron chi connectivity index (χ2n) is 4.35. The van der Waals surface area contributed by atoms with Crippen LogP contribution in [0.5, 0.6) is 11.5 Å². The van der Waals surface area contributed by atoms with Crippen molar-refractivity contribution in [2.24, 2.45) is 0 Å². The smallest absolute Gasteiger partial charge is 0.123 e. The number of halogens is 1. The predicted molar refractivity (Wildman–Crippen MR) is 84.6 cm³/mol. The molecule has 0 saturated carbocycles. The first-order valence-corrected chi connectivity index (χ1v) is 7.14. The van der Waals surface area contributed by atoms with Crippen LogP contribution >= 0.6 is 15.9 Å². The fourth-order valence-electron chi connectivity index (χ4n) is 2.25. The van der Waals surface area contributed by atoms with Gasteiger partial charge in [-0.2, -0.15) is 0 Å². The molecule has 0 heterocycles. The molecule has 0 saturated heterocycles. The van der Waals surface area contributed by atoms with E-state index in [-0.39, 0.29) is 6.04 Å². The van der Waals surface area contributed by atoms with Crippen molar-refractivity contribution in [1.82, 2.24) is 5.32 Å². The second kappa shape index (κ2) is 6.77. The lowest BCUT2D eigenvalue weighted by molar-refractivity contribution is 0.404. The van der Waals surface area contributed by atoms with E-state index in [1.807, 2.05) is 43.4 Å². The van der Waals surface area contributed by atoms with Crippen LogP contribution in [0, 0.1) is 0 Å². The van der Waals surface area contributed by atoms with E-state index in [2.05, 4.69) is 27.3 Å². The molecule has 0 spiro atoms. The second-order valence-corrected chi connectivity index (χ2v) is 5.21. The van der Waals surface area contributed by atoms with Crippen molar-refractivity contribution in [3.8, 4) is 11.5 Å². The van der Waals surface area contributed by atoms with E-state index in [0.717, 1.165) is 27.1 Å². The molecule has 1 N–H and O–H groups in total. The summed E-state index contributed by atoms with van der Waals surface area (Å²) >= 11 is 3.61. The van der Waals surface area contributed by atoms with E-state index in [1.54, 1.807) is 14.2 Å². The highest BCUT2D eigenvalue weighted by molar-refractivity contribution is 9.10. The molecule has 2 aromatic rings. The van der Waals surface area contributed by atoms with Gasteiger partial charge in [0, 0.05) is 10.0 Å². The number of nitrogens with one attached hydrogen (secondary N) is 1. The third-order valence-electron chi connectivity index (χ3n) is 3.25. The maximum absolute atomic E-state index is 5.46. The van der Waals surface area contributed by atoms with Crippen LogP contribution in [0.3, 0.4) is 0 Å². The summed E-state index contributed by atoms with van der Waals surface area (Å²) < 4.78 is 11.8. The summed E-state index contributed by atoms with van der Waals surface area (Å²) in [6.07, 6.45) is 0. The summed E-state index contributed by atoms with van der Waals surface area (Å²) in [5.74, 6) is 1.69. The van der Waals surface area contributed by atoms with Gasteiger partial charge >= 0.3 is 0 Å². The molecule has 0 radical (unpaired) electrons. The fraction of sp³-hybridized carbons (Fsp3) is 0.250. The number of hydrogen-bond donors (Lipinski definition) is 1. The summed E-state index contributed by atoms with van der Waals surface area (Å²) in [4.78, 5) is 0. The minimum absolute atomic E-state index is 0.0237. The average molecular weight is 336 g/mol. The van der Waals surface area contributed by atoms with Crippen molar-refractivity contribution in [3.63, 3.8) is 0 Å². The Hall–Kier alpha value is -1.52. The maximum atomic E-state index is 5.46. The third kappa shape index (κ3) is 2.97. The fourth-order valence-corrected chi connectivity index (χ4v) is 2.73. The number of benzene rings is 2. The van der Waals surface area contributed by atoms with Gasteiger partial charge in [0.15, 0.2) is 0 Å². The molecule has 2 aromatic carbocycles. The molecule has 4 heteroatoms. The van der Waals surface area contributed by atoms with Gasteiger partial charge < -0.3 is 14.8 Å². The topological polar surface area (TPSA) is 30.5 Å². The molecular formula is C16H18BrNO2. The molecule has 0 aliphatic heterocycles. The molecule has 106 valence electrons. The Morgan fingerprint density at radius 1 is 1.00 bits per heavy atom. The minimum atomic E-state index is 0.0237. The lowest BCUT2D eigenvalue weighted by atomic mass is 9.98. The molecule has 3 nitrogen and oxygen atoms in total. The molecule has 1 atom stereocenters. The molecule has 0 amide bonds. The highest BCUT2D eigenvalue weighted by Gasteiger charge is 2.19. The Morgan fingerprint density at radius 3 is 2.40 bits per heavy atom. The largest absolute Gasteiger partial charge is 0.497 e. The van der Waals surface area contributed by atoms with E-state index in [9.17, 15) is 0 Å². The molecule has 0 aliphatic rings. The zero-order chi connectivity index (χ0) is 14.5. The Balaban J connectivity index is 2.52. The summed E-state index contributed by atoms with van der Waals surface area (Å²) in [6.45, 7) is 0. The number of methoxy groups -OCH3 is 2. The van der Waals surface area contributed by atoms with Gasteiger partial charge in [0.05, 0.1) is 20.3 Å². The van der Waals surface area contributed by atoms with Crippen molar-refractivity contribution in [3.05, 3.63) is 58.1 Å². The summed E-state index contributed by atoms with van der Waals surface area (Å²) in [7, 11) is 5.29. The summed E-state index contributed by atoms with van der Waals surface area (Å²) in [6, 6.07) is 14.0. The average Bonchev–Trinajstić information content (AvgIpc) is 2.50. The van der Waals surface area contributed by atoms with Crippen LogP contribution < -0.4 is 14.8 Å². The van der Waals surface area contributed by atoms with Crippen LogP contribution in [-0.4, -0.2) is 21.3 Å². The standard InChI is InChI=1S/C16H18BrNO2/c1-18-16(12-6-4-5-7-15(12)20-3)13-10-11(19-2)8-9-14(13)17/h4-10,16,18H,1-3H3. The quantitative estimate of drug-likeness (QED) is 0.902. The third-order valence-corrected chi connectivity index (χ3v) is 3.97. The van der Waals surface area contributed by atoms with Crippen LogP contribution in [0.25, 0.3) is 0 Å². The molecule has 0 fully saturated rings. The van der Waals surface area contributed by atoms with E-state index < -0.39 is 0 Å². The highest BCUT2D eigenvalue weighted by atomic mass is 79.9. The van der Waals surface area contributed by atoms with Crippen molar-refractivity contribution in [2.75, 3.05) is 21.3 Å². The molecular weight excluding hydrogens is 318 g/mol. The van der Waals surface area contributed by atoms with Crippen LogP contribution in [0.4, 0.5) is 0 Å². The van der Waals surface area contributed by atoms with Crippen LogP contribution in [0.2, 0.25) is 0 Å². The Labute approximate surface area is 128 Å². The first-order valence-electron chi connectivity index (χ1n) is 6.35. The molecule has 20 heavy (non-hydrogen) atoms. The molecule has 0 aliphatic carbocycles. The molecule has 2 rings (SSSR count). The van der Waals surface area contributed by atoms with E-state index >= 15 is 0 Å². The zero-order valence-electron chi connectivity index (χ0n) is 11.8. The SMILES string of the molecule is CNC(c1cc(OC)ccc1Br)c1ccccc1OC. The van der Waals surface area contributed by atoms with Gasteiger partial charge in [0.1, 0.15) is 11.5 Å². The number of para-hydroxylation sites is 1. The van der Waals surface area contributed by atoms with E-state index in [1.165, 1.54) is 0 Å². The van der Waals surface area contributed by atoms with Crippen LogP contribution in [0.15, 0.2) is 46.9 Å². The lowest BCUT2D eigenvalue weighted by Crippen LogP contribution is -2.19. The van der Waals surface area contributed by atoms with Crippen molar-refractivity contribution in [1.29, 1.82) is 0 Å². The van der Waals surface area contributed by atoms with Crippen LogP contribution in [-0.2, 0) is 0 Å². The van der Waals surface area contributed by atoms with Gasteiger partial charge in [-0.15, -0.1) is 0 Å². The van der Waals surface area contributed by atoms with Gasteiger partial charge in [0.2, 0.25) is 0 Å². The summed E-state index contributed by atoms with van der Waals surface area (Å²) in [5.41, 5.74) is 2.20. The van der Waals surface area contributed by atoms with Crippen molar-refractivity contribution in [2.45, 2.75) is 6.04 Å². The van der Waals surface area contributed by atoms with Crippen molar-refractivity contribution >= 4 is 15.9 Å². The summed E-state index contributed by atoms with van der Waals surface area (Å²) in [5, 5.41) is 3.34. The Bertz CT molecular complexity index is 586. The van der Waals surface area contributed by atoms with Gasteiger partial charge in [-0.1, -0.05) is 34.1 Å². The maximum Gasteiger partial charge on any atom is 0.123 e. The predicted octanol–water partition coefficient (Wildman–Crippen LogP) is 3.78. The monoisotopic (exact) mass is 335 g/mol. The first kappa shape index (κ1) is 14.9. The number of ether oxygens (including phenoxy) is 2. The van der Waals surface area contributed by atoms with Gasteiger partial charge in [0.25, 0.3) is 0 Å². The first-order chi connectivity index (χ1) is 9.71. The Kier molecular flexibility index (Phi) is 5.04. The van der Waals surface area contributed by atoms with Gasteiger partial charge in [-0.05, 0) is 36.9 Å². The number of rotatable bonds is 5. The van der Waals surface area contributed by atoms with Gasteiger partial charge in [-0.3, -0.25) is 0 Å². The van der Waals surface area contributed by atoms with Gasteiger partial charge in [-0.25, -0.2) is 0 Å². The van der Waals surface area contributed by atoms with E-state index in [4.69, 9.17) is 9.47 Å². The number of hydrogen-bond acceptors (Lipinski definition) is 3.